The highest BCUT2D eigenvalue weighted by Crippen LogP contribution is 2.34. The smallest absolute Gasteiger partial charge is 0.255 e. The largest absolute Gasteiger partial charge is 0.508 e. The monoisotopic (exact) mass is 222 g/mol. The highest BCUT2D eigenvalue weighted by Gasteiger charge is 2.42. The predicted molar refractivity (Wildman–Crippen MR) is 58.3 cm³/mol. The lowest BCUT2D eigenvalue weighted by atomic mass is 10.1. The molecule has 1 amide bonds. The molecule has 1 saturated carbocycles. The van der Waals surface area contributed by atoms with Crippen molar-refractivity contribution in [3.8, 4) is 11.5 Å². The number of carbonyl (C=O) groups is 1. The first-order chi connectivity index (χ1) is 7.56. The summed E-state index contributed by atoms with van der Waals surface area (Å²) in [4.78, 5) is 11.8. The average molecular weight is 222 g/mol. The molecule has 0 unspecified atom stereocenters. The van der Waals surface area contributed by atoms with Crippen molar-refractivity contribution in [2.24, 2.45) is 5.73 Å². The predicted octanol–water partition coefficient (Wildman–Crippen LogP) is 0.319. The van der Waals surface area contributed by atoms with E-state index < -0.39 is 0 Å². The molecule has 5 nitrogen and oxygen atoms in total. The van der Waals surface area contributed by atoms with Crippen LogP contribution in [0.3, 0.4) is 0 Å². The van der Waals surface area contributed by atoms with Crippen LogP contribution in [0.5, 0.6) is 11.5 Å². The van der Waals surface area contributed by atoms with Gasteiger partial charge in [0.05, 0.1) is 11.1 Å². The SMILES string of the molecule is NCC1(NC(=O)c2ccc(O)cc2O)CC1. The molecule has 5 heteroatoms. The van der Waals surface area contributed by atoms with E-state index in [1.54, 1.807) is 0 Å². The molecule has 0 bridgehead atoms. The van der Waals surface area contributed by atoms with Gasteiger partial charge in [0.2, 0.25) is 0 Å². The third-order valence-corrected chi connectivity index (χ3v) is 2.85. The zero-order valence-corrected chi connectivity index (χ0v) is 8.73. The topological polar surface area (TPSA) is 95.6 Å². The molecule has 0 radical (unpaired) electrons. The fourth-order valence-corrected chi connectivity index (χ4v) is 1.55. The fourth-order valence-electron chi connectivity index (χ4n) is 1.55. The molecule has 0 atom stereocenters. The number of hydrogen-bond acceptors (Lipinski definition) is 4. The molecule has 0 spiro atoms. The van der Waals surface area contributed by atoms with Crippen molar-refractivity contribution in [1.82, 2.24) is 5.32 Å². The first-order valence-corrected chi connectivity index (χ1v) is 5.11. The van der Waals surface area contributed by atoms with Gasteiger partial charge in [-0.05, 0) is 25.0 Å². The highest BCUT2D eigenvalue weighted by atomic mass is 16.3. The minimum atomic E-state index is -0.361. The zero-order valence-electron chi connectivity index (χ0n) is 8.73. The van der Waals surface area contributed by atoms with Crippen molar-refractivity contribution in [3.05, 3.63) is 23.8 Å². The molecule has 1 aliphatic carbocycles. The summed E-state index contributed by atoms with van der Waals surface area (Å²) in [6.45, 7) is 0.400. The number of nitrogens with two attached hydrogens (primary N) is 1. The van der Waals surface area contributed by atoms with Crippen molar-refractivity contribution in [2.75, 3.05) is 6.54 Å². The Kier molecular flexibility index (Phi) is 2.47. The molecule has 1 aromatic rings. The van der Waals surface area contributed by atoms with E-state index >= 15 is 0 Å². The number of amides is 1. The molecule has 86 valence electrons. The summed E-state index contributed by atoms with van der Waals surface area (Å²) in [5.74, 6) is -0.667. The van der Waals surface area contributed by atoms with Gasteiger partial charge >= 0.3 is 0 Å². The minimum absolute atomic E-state index is 0.0750. The Morgan fingerprint density at radius 2 is 2.12 bits per heavy atom. The summed E-state index contributed by atoms with van der Waals surface area (Å²) in [6, 6.07) is 3.88. The maximum atomic E-state index is 11.8. The lowest BCUT2D eigenvalue weighted by Crippen LogP contribution is -2.42. The first-order valence-electron chi connectivity index (χ1n) is 5.11. The van der Waals surface area contributed by atoms with Crippen molar-refractivity contribution in [1.29, 1.82) is 0 Å². The standard InChI is InChI=1S/C11H14N2O3/c12-6-11(3-4-11)13-10(16)8-2-1-7(14)5-9(8)15/h1-2,5,14-15H,3-4,6,12H2,(H,13,16). The second-order valence-electron chi connectivity index (χ2n) is 4.14. The van der Waals surface area contributed by atoms with Crippen molar-refractivity contribution in [2.45, 2.75) is 18.4 Å². The number of rotatable bonds is 3. The number of hydrogen-bond donors (Lipinski definition) is 4. The molecular weight excluding hydrogens is 208 g/mol. The molecule has 0 aliphatic heterocycles. The third kappa shape index (κ3) is 1.94. The summed E-state index contributed by atoms with van der Waals surface area (Å²) in [5, 5.41) is 21.4. The van der Waals surface area contributed by atoms with Crippen LogP contribution < -0.4 is 11.1 Å². The molecular formula is C11H14N2O3. The number of carbonyl (C=O) groups excluding carboxylic acids is 1. The van der Waals surface area contributed by atoms with Gasteiger partial charge in [0.25, 0.3) is 5.91 Å². The van der Waals surface area contributed by atoms with E-state index in [2.05, 4.69) is 5.32 Å². The number of benzene rings is 1. The first kappa shape index (κ1) is 10.8. The van der Waals surface area contributed by atoms with Gasteiger partial charge in [-0.2, -0.15) is 0 Å². The summed E-state index contributed by atoms with van der Waals surface area (Å²) in [5.41, 5.74) is 5.40. The van der Waals surface area contributed by atoms with E-state index in [4.69, 9.17) is 10.8 Å². The highest BCUT2D eigenvalue weighted by molar-refractivity contribution is 5.97. The normalized spacial score (nSPS) is 16.8. The van der Waals surface area contributed by atoms with Crippen LogP contribution in [0.25, 0.3) is 0 Å². The molecule has 5 N–H and O–H groups in total. The van der Waals surface area contributed by atoms with Gasteiger partial charge in [0.15, 0.2) is 0 Å². The van der Waals surface area contributed by atoms with Crippen LogP contribution in [-0.4, -0.2) is 28.2 Å². The number of phenolic OH excluding ortho intramolecular Hbond substituents is 2. The van der Waals surface area contributed by atoms with Crippen LogP contribution in [0.1, 0.15) is 23.2 Å². The molecule has 0 saturated heterocycles. The second-order valence-corrected chi connectivity index (χ2v) is 4.14. The van der Waals surface area contributed by atoms with Gasteiger partial charge < -0.3 is 21.3 Å². The van der Waals surface area contributed by atoms with E-state index in [-0.39, 0.29) is 28.5 Å². The van der Waals surface area contributed by atoms with E-state index in [0.717, 1.165) is 18.9 Å². The Morgan fingerprint density at radius 1 is 1.44 bits per heavy atom. The Labute approximate surface area is 92.9 Å². The maximum Gasteiger partial charge on any atom is 0.255 e. The van der Waals surface area contributed by atoms with Gasteiger partial charge in [-0.1, -0.05) is 0 Å². The van der Waals surface area contributed by atoms with Crippen LogP contribution in [-0.2, 0) is 0 Å². The second kappa shape index (κ2) is 3.68. The van der Waals surface area contributed by atoms with Gasteiger partial charge in [-0.3, -0.25) is 4.79 Å². The Hall–Kier alpha value is -1.75. The van der Waals surface area contributed by atoms with Gasteiger partial charge in [0, 0.05) is 12.6 Å². The third-order valence-electron chi connectivity index (χ3n) is 2.85. The van der Waals surface area contributed by atoms with Gasteiger partial charge in [-0.15, -0.1) is 0 Å². The zero-order chi connectivity index (χ0) is 11.8. The summed E-state index contributed by atoms with van der Waals surface area (Å²) in [7, 11) is 0. The Bertz CT molecular complexity index is 427. The van der Waals surface area contributed by atoms with E-state index in [1.165, 1.54) is 12.1 Å². The quantitative estimate of drug-likeness (QED) is 0.592. The van der Waals surface area contributed by atoms with Crippen LogP contribution in [0.2, 0.25) is 0 Å². The lowest BCUT2D eigenvalue weighted by Gasteiger charge is -2.15. The van der Waals surface area contributed by atoms with Crippen LogP contribution in [0, 0.1) is 0 Å². The molecule has 0 aromatic heterocycles. The molecule has 1 aromatic carbocycles. The number of nitrogens with one attached hydrogen (secondary N) is 1. The van der Waals surface area contributed by atoms with Crippen molar-refractivity contribution in [3.63, 3.8) is 0 Å². The summed E-state index contributed by atoms with van der Waals surface area (Å²) in [6.07, 6.45) is 1.74. The number of aromatic hydroxyl groups is 2. The van der Waals surface area contributed by atoms with Crippen molar-refractivity contribution >= 4 is 5.91 Å². The summed E-state index contributed by atoms with van der Waals surface area (Å²) >= 11 is 0. The Balaban J connectivity index is 2.15. The van der Waals surface area contributed by atoms with Gasteiger partial charge in [-0.25, -0.2) is 0 Å². The lowest BCUT2D eigenvalue weighted by molar-refractivity contribution is 0.0930. The van der Waals surface area contributed by atoms with E-state index in [0.29, 0.717) is 6.54 Å². The molecule has 1 aliphatic rings. The average Bonchev–Trinajstić information content (AvgIpc) is 2.98. The molecule has 2 rings (SSSR count). The van der Waals surface area contributed by atoms with Crippen LogP contribution >= 0.6 is 0 Å². The number of phenols is 2. The minimum Gasteiger partial charge on any atom is -0.508 e. The van der Waals surface area contributed by atoms with E-state index in [9.17, 15) is 9.90 Å². The molecule has 16 heavy (non-hydrogen) atoms. The Morgan fingerprint density at radius 3 is 2.62 bits per heavy atom. The van der Waals surface area contributed by atoms with Crippen LogP contribution in [0.4, 0.5) is 0 Å². The summed E-state index contributed by atoms with van der Waals surface area (Å²) < 4.78 is 0. The molecule has 0 heterocycles. The maximum absolute atomic E-state index is 11.8. The van der Waals surface area contributed by atoms with Gasteiger partial charge in [0.1, 0.15) is 11.5 Å². The molecule has 1 fully saturated rings. The van der Waals surface area contributed by atoms with Crippen molar-refractivity contribution < 1.29 is 15.0 Å². The van der Waals surface area contributed by atoms with Crippen LogP contribution in [0.15, 0.2) is 18.2 Å². The van der Waals surface area contributed by atoms with E-state index in [1.807, 2.05) is 0 Å². The fraction of sp³-hybridized carbons (Fsp3) is 0.364.